The normalized spacial score (nSPS) is 11.5. The zero-order chi connectivity index (χ0) is 10.7. The van der Waals surface area contributed by atoms with Crippen molar-refractivity contribution in [2.24, 2.45) is 0 Å². The molecule has 0 bridgehead atoms. The Morgan fingerprint density at radius 2 is 2.14 bits per heavy atom. The van der Waals surface area contributed by atoms with Gasteiger partial charge in [0.2, 0.25) is 0 Å². The van der Waals surface area contributed by atoms with Crippen LogP contribution in [0.15, 0.2) is 30.9 Å². The largest absolute Gasteiger partial charge is 0.396 e. The van der Waals surface area contributed by atoms with Crippen molar-refractivity contribution in [1.82, 2.24) is 0 Å². The van der Waals surface area contributed by atoms with E-state index in [1.54, 1.807) is 18.2 Å². The molecule has 0 spiro atoms. The fraction of sp³-hybridized carbons (Fsp3) is 0.167. The van der Waals surface area contributed by atoms with Crippen LogP contribution < -0.4 is 5.73 Å². The summed E-state index contributed by atoms with van der Waals surface area (Å²) in [7, 11) is 0. The van der Waals surface area contributed by atoms with Gasteiger partial charge < -0.3 is 5.73 Å². The predicted octanol–water partition coefficient (Wildman–Crippen LogP) is 3.31. The Morgan fingerprint density at radius 1 is 1.50 bits per heavy atom. The topological polar surface area (TPSA) is 26.0 Å². The van der Waals surface area contributed by atoms with Crippen molar-refractivity contribution >= 4 is 11.3 Å². The first kappa shape index (κ1) is 10.5. The number of allylic oxidation sites excluding steroid dienone is 3. The Morgan fingerprint density at radius 3 is 2.64 bits per heavy atom. The molecule has 2 N–H and O–H groups in total. The first-order chi connectivity index (χ1) is 6.61. The van der Waals surface area contributed by atoms with E-state index in [0.717, 1.165) is 11.1 Å². The van der Waals surface area contributed by atoms with Crippen molar-refractivity contribution < 1.29 is 4.39 Å². The molecule has 1 rings (SSSR count). The third-order valence-corrected chi connectivity index (χ3v) is 2.20. The molecule has 0 saturated heterocycles. The molecule has 74 valence electrons. The van der Waals surface area contributed by atoms with Crippen LogP contribution in [0.2, 0.25) is 0 Å². The molecule has 1 nitrogen and oxygen atoms in total. The number of hydrogen-bond acceptors (Lipinski definition) is 1. The van der Waals surface area contributed by atoms with Crippen LogP contribution in [0.25, 0.3) is 5.57 Å². The molecule has 1 aromatic carbocycles. The molecular weight excluding hydrogens is 177 g/mol. The fourth-order valence-electron chi connectivity index (χ4n) is 1.41. The molecule has 0 aliphatic rings. The van der Waals surface area contributed by atoms with E-state index in [-0.39, 0.29) is 11.5 Å². The zero-order valence-corrected chi connectivity index (χ0v) is 8.47. The molecular formula is C12H14FN. The Labute approximate surface area is 83.7 Å². The van der Waals surface area contributed by atoms with E-state index in [1.165, 1.54) is 0 Å². The molecule has 0 aromatic heterocycles. The summed E-state index contributed by atoms with van der Waals surface area (Å²) >= 11 is 0. The molecule has 0 saturated carbocycles. The summed E-state index contributed by atoms with van der Waals surface area (Å²) in [6.07, 6.45) is 3.45. The number of nitrogens with two attached hydrogens (primary N) is 1. The molecule has 0 aliphatic carbocycles. The number of benzene rings is 1. The van der Waals surface area contributed by atoms with Gasteiger partial charge in [0.1, 0.15) is 0 Å². The highest BCUT2D eigenvalue weighted by atomic mass is 19.1. The Kier molecular flexibility index (Phi) is 3.07. The third-order valence-electron chi connectivity index (χ3n) is 2.20. The summed E-state index contributed by atoms with van der Waals surface area (Å²) in [5.74, 6) is -0.363. The Hall–Kier alpha value is -1.57. The van der Waals surface area contributed by atoms with Gasteiger partial charge >= 0.3 is 0 Å². The van der Waals surface area contributed by atoms with E-state index in [4.69, 9.17) is 5.73 Å². The molecule has 0 heterocycles. The monoisotopic (exact) mass is 191 g/mol. The number of anilines is 1. The minimum absolute atomic E-state index is 0.173. The third kappa shape index (κ3) is 1.69. The number of hydrogen-bond donors (Lipinski definition) is 1. The van der Waals surface area contributed by atoms with Gasteiger partial charge in [-0.05, 0) is 31.1 Å². The van der Waals surface area contributed by atoms with Crippen LogP contribution in [0, 0.1) is 12.7 Å². The summed E-state index contributed by atoms with van der Waals surface area (Å²) in [6.45, 7) is 7.34. The second-order valence-electron chi connectivity index (χ2n) is 3.11. The summed E-state index contributed by atoms with van der Waals surface area (Å²) in [5, 5.41) is 0. The van der Waals surface area contributed by atoms with Gasteiger partial charge in [0.05, 0.1) is 5.69 Å². The molecule has 14 heavy (non-hydrogen) atoms. The quantitative estimate of drug-likeness (QED) is 0.563. The van der Waals surface area contributed by atoms with Crippen molar-refractivity contribution in [2.75, 3.05) is 5.73 Å². The van der Waals surface area contributed by atoms with Crippen molar-refractivity contribution in [3.63, 3.8) is 0 Å². The van der Waals surface area contributed by atoms with Gasteiger partial charge in [-0.15, -0.1) is 0 Å². The average molecular weight is 191 g/mol. The summed E-state index contributed by atoms with van der Waals surface area (Å²) < 4.78 is 13.7. The molecule has 2 heteroatoms. The minimum Gasteiger partial charge on any atom is -0.396 e. The SMILES string of the molecule is C=C/C(=C\C)c1c(C)ccc(N)c1F. The maximum atomic E-state index is 13.7. The number of aryl methyl sites for hydroxylation is 1. The molecule has 1 aromatic rings. The zero-order valence-electron chi connectivity index (χ0n) is 8.47. The molecule has 0 unspecified atom stereocenters. The van der Waals surface area contributed by atoms with Crippen LogP contribution in [0.4, 0.5) is 10.1 Å². The van der Waals surface area contributed by atoms with Gasteiger partial charge in [-0.3, -0.25) is 0 Å². The van der Waals surface area contributed by atoms with Crippen LogP contribution in [0.1, 0.15) is 18.1 Å². The van der Waals surface area contributed by atoms with Crippen molar-refractivity contribution in [1.29, 1.82) is 0 Å². The van der Waals surface area contributed by atoms with Gasteiger partial charge in [0, 0.05) is 5.56 Å². The van der Waals surface area contributed by atoms with E-state index < -0.39 is 0 Å². The average Bonchev–Trinajstić information content (AvgIpc) is 2.19. The first-order valence-electron chi connectivity index (χ1n) is 4.45. The number of nitrogen functional groups attached to an aromatic ring is 1. The van der Waals surface area contributed by atoms with Gasteiger partial charge in [-0.25, -0.2) is 4.39 Å². The molecule has 0 aliphatic heterocycles. The van der Waals surface area contributed by atoms with Crippen LogP contribution in [-0.4, -0.2) is 0 Å². The van der Waals surface area contributed by atoms with Crippen LogP contribution in [-0.2, 0) is 0 Å². The summed E-state index contributed by atoms with van der Waals surface area (Å²) in [5.41, 5.74) is 7.85. The maximum Gasteiger partial charge on any atom is 0.154 e. The molecule has 0 fully saturated rings. The maximum absolute atomic E-state index is 13.7. The number of halogens is 1. The number of rotatable bonds is 2. The Bertz CT molecular complexity index is 392. The molecule has 0 atom stereocenters. The van der Waals surface area contributed by atoms with E-state index in [1.807, 2.05) is 19.9 Å². The van der Waals surface area contributed by atoms with E-state index in [0.29, 0.717) is 5.56 Å². The van der Waals surface area contributed by atoms with Crippen LogP contribution >= 0.6 is 0 Å². The highest BCUT2D eigenvalue weighted by Crippen LogP contribution is 2.26. The minimum atomic E-state index is -0.363. The van der Waals surface area contributed by atoms with Crippen molar-refractivity contribution in [3.05, 3.63) is 47.8 Å². The lowest BCUT2D eigenvalue weighted by Crippen LogP contribution is -1.98. The highest BCUT2D eigenvalue weighted by molar-refractivity contribution is 5.77. The van der Waals surface area contributed by atoms with Gasteiger partial charge in [-0.2, -0.15) is 0 Å². The van der Waals surface area contributed by atoms with Crippen LogP contribution in [0.5, 0.6) is 0 Å². The first-order valence-corrected chi connectivity index (χ1v) is 4.45. The highest BCUT2D eigenvalue weighted by Gasteiger charge is 2.10. The predicted molar refractivity (Wildman–Crippen MR) is 59.4 cm³/mol. The fourth-order valence-corrected chi connectivity index (χ4v) is 1.41. The second-order valence-corrected chi connectivity index (χ2v) is 3.11. The van der Waals surface area contributed by atoms with E-state index in [9.17, 15) is 4.39 Å². The van der Waals surface area contributed by atoms with E-state index in [2.05, 4.69) is 6.58 Å². The van der Waals surface area contributed by atoms with Crippen LogP contribution in [0.3, 0.4) is 0 Å². The lowest BCUT2D eigenvalue weighted by atomic mass is 9.99. The second kappa shape index (κ2) is 4.09. The Balaban J connectivity index is 3.46. The lowest BCUT2D eigenvalue weighted by molar-refractivity contribution is 0.627. The molecule has 0 amide bonds. The standard InChI is InChI=1S/C12H14FN/c1-4-9(5-2)11-8(3)6-7-10(14)12(11)13/h4-7H,1,14H2,2-3H3/b9-5+. The van der Waals surface area contributed by atoms with E-state index >= 15 is 0 Å². The van der Waals surface area contributed by atoms with Gasteiger partial charge in [0.15, 0.2) is 5.82 Å². The lowest BCUT2D eigenvalue weighted by Gasteiger charge is -2.09. The van der Waals surface area contributed by atoms with Crippen molar-refractivity contribution in [2.45, 2.75) is 13.8 Å². The van der Waals surface area contributed by atoms with Gasteiger partial charge in [0.25, 0.3) is 0 Å². The summed E-state index contributed by atoms with van der Waals surface area (Å²) in [6, 6.07) is 3.38. The van der Waals surface area contributed by atoms with Crippen molar-refractivity contribution in [3.8, 4) is 0 Å². The summed E-state index contributed by atoms with van der Waals surface area (Å²) in [4.78, 5) is 0. The smallest absolute Gasteiger partial charge is 0.154 e. The molecule has 0 radical (unpaired) electrons. The van der Waals surface area contributed by atoms with Gasteiger partial charge in [-0.1, -0.05) is 24.8 Å².